The van der Waals surface area contributed by atoms with Gasteiger partial charge in [0.15, 0.2) is 11.6 Å². The van der Waals surface area contributed by atoms with E-state index in [9.17, 15) is 19.5 Å². The number of likely N-dealkylation sites (tertiary alicyclic amines) is 1. The van der Waals surface area contributed by atoms with Gasteiger partial charge < -0.3 is 5.11 Å². The number of allylic oxidation sites excluding steroid dienone is 2. The van der Waals surface area contributed by atoms with Crippen molar-refractivity contribution in [2.45, 2.75) is 57.4 Å². The lowest BCUT2D eigenvalue weighted by Crippen LogP contribution is -2.53. The van der Waals surface area contributed by atoms with Crippen molar-refractivity contribution >= 4 is 29.3 Å². The number of anilines is 1. The topological polar surface area (TPSA) is 107 Å². The molecule has 3 aromatic carbocycles. The Morgan fingerprint density at radius 2 is 1.59 bits per heavy atom. The number of rotatable bonds is 4. The number of benzene rings is 3. The predicted molar refractivity (Wildman–Crippen MR) is 168 cm³/mol. The smallest absolute Gasteiger partial charge is 0.260 e. The molecule has 2 heterocycles. The highest BCUT2D eigenvalue weighted by Gasteiger charge is 2.70. The molecule has 1 saturated carbocycles. The van der Waals surface area contributed by atoms with Crippen LogP contribution in [0.3, 0.4) is 0 Å². The third-order valence-electron chi connectivity index (χ3n) is 10.4. The van der Waals surface area contributed by atoms with Gasteiger partial charge in [-0.1, -0.05) is 65.7 Å². The summed E-state index contributed by atoms with van der Waals surface area (Å²) in [5.41, 5.74) is 4.12. The lowest BCUT2D eigenvalue weighted by molar-refractivity contribution is -0.146. The number of carbonyl (C=O) groups excluding carboxylic acids is 4. The number of carbonyl (C=O) groups is 4. The van der Waals surface area contributed by atoms with Gasteiger partial charge in [-0.15, -0.1) is 0 Å². The van der Waals surface area contributed by atoms with Gasteiger partial charge in [-0.3, -0.25) is 29.5 Å². The van der Waals surface area contributed by atoms with Gasteiger partial charge in [0.05, 0.1) is 28.9 Å². The largest absolute Gasteiger partial charge is 0.505 e. The van der Waals surface area contributed by atoms with E-state index < -0.39 is 63.9 Å². The maximum Gasteiger partial charge on any atom is 0.260 e. The van der Waals surface area contributed by atoms with E-state index in [0.29, 0.717) is 16.8 Å². The number of phenolic OH excluding ortho intramolecular Hbond substituents is 1. The van der Waals surface area contributed by atoms with Crippen LogP contribution < -0.4 is 5.43 Å². The first kappa shape index (κ1) is 29.9. The van der Waals surface area contributed by atoms with Crippen LogP contribution in [0.15, 0.2) is 84.4 Å². The van der Waals surface area contributed by atoms with E-state index in [4.69, 9.17) is 0 Å². The van der Waals surface area contributed by atoms with Crippen LogP contribution >= 0.6 is 0 Å². The summed E-state index contributed by atoms with van der Waals surface area (Å²) in [6.07, 6.45) is 2.38. The second kappa shape index (κ2) is 10.4. The number of aromatic hydroxyl groups is 1. The molecule has 2 aliphatic heterocycles. The molecule has 2 N–H and O–H groups in total. The molecule has 6 unspecified atom stereocenters. The fourth-order valence-corrected chi connectivity index (χ4v) is 8.49. The number of nitrogens with zero attached hydrogens (tertiary/aromatic N) is 2. The number of amides is 4. The summed E-state index contributed by atoms with van der Waals surface area (Å²) in [7, 11) is 0. The first-order valence-corrected chi connectivity index (χ1v) is 15.7. The lowest BCUT2D eigenvalue weighted by Gasteiger charge is -2.50. The minimum Gasteiger partial charge on any atom is -0.505 e. The van der Waals surface area contributed by atoms with Crippen molar-refractivity contribution in [3.63, 3.8) is 0 Å². The molecule has 8 nitrogen and oxygen atoms in total. The molecule has 0 spiro atoms. The van der Waals surface area contributed by atoms with Crippen molar-refractivity contribution in [1.82, 2.24) is 9.91 Å². The Morgan fingerprint density at radius 3 is 2.24 bits per heavy atom. The van der Waals surface area contributed by atoms with E-state index in [1.807, 2.05) is 64.1 Å². The Labute approximate surface area is 266 Å². The number of hydrogen-bond acceptors (Lipinski definition) is 6. The first-order chi connectivity index (χ1) is 21.9. The molecule has 46 heavy (non-hydrogen) atoms. The highest BCUT2D eigenvalue weighted by Crippen LogP contribution is 2.64. The van der Waals surface area contributed by atoms with E-state index in [-0.39, 0.29) is 24.7 Å². The maximum absolute atomic E-state index is 15.2. The van der Waals surface area contributed by atoms with Crippen molar-refractivity contribution in [2.75, 3.05) is 5.43 Å². The molecular formula is C37H36FN3O5. The van der Waals surface area contributed by atoms with E-state index in [2.05, 4.69) is 5.43 Å². The second-order valence-corrected chi connectivity index (χ2v) is 14.0. The summed E-state index contributed by atoms with van der Waals surface area (Å²) in [6.45, 7) is 7.41. The summed E-state index contributed by atoms with van der Waals surface area (Å²) < 4.78 is 15.2. The van der Waals surface area contributed by atoms with Crippen molar-refractivity contribution in [3.05, 3.63) is 107 Å². The van der Waals surface area contributed by atoms with Crippen molar-refractivity contribution in [2.24, 2.45) is 23.7 Å². The average molecular weight is 622 g/mol. The Bertz CT molecular complexity index is 1810. The number of halogens is 1. The first-order valence-electron chi connectivity index (χ1n) is 15.7. The highest BCUT2D eigenvalue weighted by atomic mass is 19.1. The summed E-state index contributed by atoms with van der Waals surface area (Å²) in [5.74, 6) is -6.49. The monoisotopic (exact) mass is 621 g/mol. The molecule has 6 atom stereocenters. The third-order valence-corrected chi connectivity index (χ3v) is 10.4. The van der Waals surface area contributed by atoms with Crippen molar-refractivity contribution in [1.29, 1.82) is 0 Å². The number of hydrogen-bond donors (Lipinski definition) is 2. The van der Waals surface area contributed by atoms with Gasteiger partial charge in [0.1, 0.15) is 0 Å². The Morgan fingerprint density at radius 1 is 0.891 bits per heavy atom. The number of imide groups is 2. The molecule has 236 valence electrons. The predicted octanol–water partition coefficient (Wildman–Crippen LogP) is 5.62. The zero-order valence-corrected chi connectivity index (χ0v) is 26.2. The maximum atomic E-state index is 15.2. The summed E-state index contributed by atoms with van der Waals surface area (Å²) in [5, 5.41) is 11.2. The van der Waals surface area contributed by atoms with Gasteiger partial charge in [-0.05, 0) is 81.8 Å². The van der Waals surface area contributed by atoms with Crippen molar-refractivity contribution < 1.29 is 28.7 Å². The molecule has 0 bridgehead atoms. The highest BCUT2D eigenvalue weighted by molar-refractivity contribution is 6.13. The number of aryl methyl sites for hydroxylation is 1. The van der Waals surface area contributed by atoms with Crippen LogP contribution in [0.5, 0.6) is 5.75 Å². The van der Waals surface area contributed by atoms with E-state index >= 15 is 9.18 Å². The molecule has 4 aliphatic rings. The third kappa shape index (κ3) is 4.17. The van der Waals surface area contributed by atoms with Crippen LogP contribution in [-0.4, -0.2) is 44.2 Å². The van der Waals surface area contributed by atoms with Gasteiger partial charge in [-0.25, -0.2) is 4.39 Å². The Kier molecular flexibility index (Phi) is 6.74. The zero-order chi connectivity index (χ0) is 32.7. The molecule has 3 fully saturated rings. The Hall–Kier alpha value is -4.79. The minimum atomic E-state index is -1.50. The average Bonchev–Trinajstić information content (AvgIpc) is 3.41. The Balaban J connectivity index is 1.45. The molecule has 9 heteroatoms. The summed E-state index contributed by atoms with van der Waals surface area (Å²) in [6, 6.07) is 20.4. The lowest BCUT2D eigenvalue weighted by atomic mass is 9.49. The number of hydrazine groups is 1. The van der Waals surface area contributed by atoms with E-state index in [1.54, 1.807) is 30.3 Å². The zero-order valence-electron chi connectivity index (χ0n) is 26.2. The van der Waals surface area contributed by atoms with Gasteiger partial charge in [0.2, 0.25) is 11.8 Å². The molecule has 2 aliphatic carbocycles. The minimum absolute atomic E-state index is 0.159. The van der Waals surface area contributed by atoms with Crippen LogP contribution in [0.2, 0.25) is 0 Å². The second-order valence-electron chi connectivity index (χ2n) is 14.0. The summed E-state index contributed by atoms with van der Waals surface area (Å²) >= 11 is 0. The van der Waals surface area contributed by atoms with Crippen LogP contribution in [0.25, 0.3) is 0 Å². The molecule has 2 saturated heterocycles. The molecular weight excluding hydrogens is 585 g/mol. The molecule has 7 rings (SSSR count). The van der Waals surface area contributed by atoms with Crippen LogP contribution in [0.1, 0.15) is 56.2 Å². The number of nitrogens with one attached hydrogen (secondary N) is 1. The number of fused-ring (bicyclic) bond motifs is 4. The fourth-order valence-electron chi connectivity index (χ4n) is 8.49. The van der Waals surface area contributed by atoms with Gasteiger partial charge in [0.25, 0.3) is 11.8 Å². The van der Waals surface area contributed by atoms with Crippen LogP contribution in [0, 0.1) is 36.4 Å². The fraction of sp³-hybridized carbons (Fsp3) is 0.351. The molecule has 3 aromatic rings. The molecule has 0 aromatic heterocycles. The normalized spacial score (nSPS) is 29.0. The molecule has 0 radical (unpaired) electrons. The standard InChI is InChI=1S/C37H36FN3O5/c1-20-10-13-23(14-11-20)39-41-33(44)27-19-26-24(15-16-25-30(26)34(45)40(32(25)43)36(2,3)4)31(21-12-17-29(42)28(38)18-21)37(27,35(41)46)22-8-6-5-7-9-22/h5-15,17-18,25-27,30-31,39,42H,16,19H2,1-4H3. The number of phenols is 1. The van der Waals surface area contributed by atoms with Gasteiger partial charge >= 0.3 is 0 Å². The van der Waals surface area contributed by atoms with E-state index in [1.165, 1.54) is 17.0 Å². The van der Waals surface area contributed by atoms with Gasteiger partial charge in [-0.2, -0.15) is 5.01 Å². The summed E-state index contributed by atoms with van der Waals surface area (Å²) in [4.78, 5) is 58.7. The molecule has 4 amide bonds. The van der Waals surface area contributed by atoms with Crippen LogP contribution in [0.4, 0.5) is 10.1 Å². The van der Waals surface area contributed by atoms with Gasteiger partial charge in [0, 0.05) is 11.5 Å². The van der Waals surface area contributed by atoms with Crippen LogP contribution in [-0.2, 0) is 24.6 Å². The van der Waals surface area contributed by atoms with Crippen molar-refractivity contribution in [3.8, 4) is 5.75 Å². The quantitative estimate of drug-likeness (QED) is 0.289. The van der Waals surface area contributed by atoms with E-state index in [0.717, 1.165) is 16.1 Å². The SMILES string of the molecule is Cc1ccc(NN2C(=O)C3CC4C(=CCC5C(=O)N(C(C)(C)C)C(=O)C54)C(c4ccc(O)c(F)c4)C3(c3ccccc3)C2=O)cc1.